The molecule has 1 aromatic rings. The van der Waals surface area contributed by atoms with Crippen LogP contribution in [0.1, 0.15) is 25.3 Å². The molecule has 0 heterocycles. The highest BCUT2D eigenvalue weighted by Gasteiger charge is 2.28. The Hall–Kier alpha value is -1.20. The number of nitrogens with one attached hydrogen (secondary N) is 1. The second-order valence-electron chi connectivity index (χ2n) is 4.43. The lowest BCUT2D eigenvalue weighted by Gasteiger charge is -2.12. The minimum atomic E-state index is -1.05. The van der Waals surface area contributed by atoms with Crippen molar-refractivity contribution in [2.45, 2.75) is 37.6 Å². The fraction of sp³-hybridized carbons (Fsp3) is 0.462. The molecule has 1 aliphatic rings. The molecule has 0 amide bonds. The first-order valence-corrected chi connectivity index (χ1v) is 7.06. The first kappa shape index (κ1) is 14.9. The van der Waals surface area contributed by atoms with Crippen LogP contribution >= 0.6 is 0 Å². The van der Waals surface area contributed by atoms with E-state index in [4.69, 9.17) is 9.90 Å². The summed E-state index contributed by atoms with van der Waals surface area (Å²) in [6.07, 6.45) is 2.55. The quantitative estimate of drug-likeness (QED) is 0.823. The van der Waals surface area contributed by atoms with E-state index in [1.54, 1.807) is 0 Å². The average molecular weight is 269 g/mol. The lowest BCUT2D eigenvalue weighted by molar-refractivity contribution is -0.122. The van der Waals surface area contributed by atoms with Gasteiger partial charge in [-0.05, 0) is 50.3 Å². The monoisotopic (exact) mass is 269 g/mol. The first-order chi connectivity index (χ1) is 8.58. The number of hydrogen-bond donors (Lipinski definition) is 2. The first-order valence-electron chi connectivity index (χ1n) is 5.91. The van der Waals surface area contributed by atoms with Crippen molar-refractivity contribution < 1.29 is 14.1 Å². The molecule has 2 atom stereocenters. The predicted octanol–water partition coefficient (Wildman–Crippen LogP) is 2.11. The Morgan fingerprint density at radius 1 is 1.50 bits per heavy atom. The molecule has 100 valence electrons. The molecule has 0 radical (unpaired) electrons. The van der Waals surface area contributed by atoms with Crippen molar-refractivity contribution >= 4 is 17.5 Å². The fourth-order valence-corrected chi connectivity index (χ4v) is 2.82. The van der Waals surface area contributed by atoms with E-state index < -0.39 is 11.0 Å². The van der Waals surface area contributed by atoms with Crippen LogP contribution in [-0.4, -0.2) is 21.8 Å². The van der Waals surface area contributed by atoms with E-state index in [9.17, 15) is 4.21 Å². The molecule has 4 nitrogen and oxygen atoms in total. The summed E-state index contributed by atoms with van der Waals surface area (Å²) in [6.45, 7) is 3.89. The highest BCUT2D eigenvalue weighted by molar-refractivity contribution is 7.83. The van der Waals surface area contributed by atoms with E-state index in [2.05, 4.69) is 11.6 Å². The summed E-state index contributed by atoms with van der Waals surface area (Å²) < 4.78 is 15.1. The van der Waals surface area contributed by atoms with Crippen LogP contribution in [0.4, 0.5) is 0 Å². The molecule has 0 bridgehead atoms. The zero-order chi connectivity index (χ0) is 13.5. The molecule has 0 aliphatic heterocycles. The molecular formula is C13H19NO3S. The second-order valence-corrected chi connectivity index (χ2v) is 5.68. The van der Waals surface area contributed by atoms with Crippen LogP contribution in [0, 0.1) is 12.8 Å². The molecule has 2 rings (SSSR count). The third kappa shape index (κ3) is 4.98. The third-order valence-electron chi connectivity index (χ3n) is 2.83. The molecule has 18 heavy (non-hydrogen) atoms. The van der Waals surface area contributed by atoms with Crippen LogP contribution in [-0.2, 0) is 15.8 Å². The topological polar surface area (TPSA) is 66.4 Å². The largest absolute Gasteiger partial charge is 0.483 e. The van der Waals surface area contributed by atoms with Gasteiger partial charge >= 0.3 is 0 Å². The molecule has 1 aromatic carbocycles. The number of carbonyl (C=O) groups is 1. The van der Waals surface area contributed by atoms with Crippen molar-refractivity contribution in [2.24, 2.45) is 5.92 Å². The number of rotatable bonds is 4. The highest BCUT2D eigenvalue weighted by atomic mass is 32.2. The van der Waals surface area contributed by atoms with Crippen LogP contribution in [0.2, 0.25) is 0 Å². The average Bonchev–Trinajstić information content (AvgIpc) is 3.13. The minimum Gasteiger partial charge on any atom is -0.483 e. The number of carboxylic acid groups (broad SMARTS) is 1. The summed E-state index contributed by atoms with van der Waals surface area (Å²) >= 11 is 0. The van der Waals surface area contributed by atoms with Gasteiger partial charge < -0.3 is 5.11 Å². The van der Waals surface area contributed by atoms with Gasteiger partial charge in [0.05, 0.1) is 4.90 Å². The van der Waals surface area contributed by atoms with Gasteiger partial charge in [-0.25, -0.2) is 8.93 Å². The maximum absolute atomic E-state index is 11.9. The van der Waals surface area contributed by atoms with E-state index in [0.29, 0.717) is 6.04 Å². The van der Waals surface area contributed by atoms with Gasteiger partial charge in [0.1, 0.15) is 11.0 Å². The van der Waals surface area contributed by atoms with Gasteiger partial charge in [-0.1, -0.05) is 12.1 Å². The maximum Gasteiger partial charge on any atom is 0.290 e. The molecule has 1 aliphatic carbocycles. The van der Waals surface area contributed by atoms with Crippen LogP contribution in [0.15, 0.2) is 29.2 Å². The van der Waals surface area contributed by atoms with E-state index in [-0.39, 0.29) is 6.47 Å². The Morgan fingerprint density at radius 2 is 2.11 bits per heavy atom. The normalized spacial score (nSPS) is 17.2. The zero-order valence-electron chi connectivity index (χ0n) is 10.6. The van der Waals surface area contributed by atoms with Gasteiger partial charge in [0.15, 0.2) is 0 Å². The molecule has 1 fully saturated rings. The molecule has 0 saturated heterocycles. The minimum absolute atomic E-state index is 0.250. The summed E-state index contributed by atoms with van der Waals surface area (Å²) in [4.78, 5) is 9.24. The second kappa shape index (κ2) is 7.28. The lowest BCUT2D eigenvalue weighted by Crippen LogP contribution is -2.29. The Balaban J connectivity index is 0.000000492. The van der Waals surface area contributed by atoms with Gasteiger partial charge in [0, 0.05) is 6.04 Å². The van der Waals surface area contributed by atoms with E-state index >= 15 is 0 Å². The summed E-state index contributed by atoms with van der Waals surface area (Å²) in [5.74, 6) is 0.735. The molecular weight excluding hydrogens is 250 g/mol. The van der Waals surface area contributed by atoms with Crippen molar-refractivity contribution in [3.63, 3.8) is 0 Å². The lowest BCUT2D eigenvalue weighted by atomic mass is 10.2. The summed E-state index contributed by atoms with van der Waals surface area (Å²) in [7, 11) is -1.05. The number of benzene rings is 1. The summed E-state index contributed by atoms with van der Waals surface area (Å²) in [6, 6.07) is 8.22. The zero-order valence-corrected chi connectivity index (χ0v) is 11.4. The standard InChI is InChI=1S/C12H17NOS.CH2O2/c1-9-4-3-5-12(8-9)15(14)13-10(2)11-6-7-11;2-1-3/h3-5,8,10-11,13H,6-7H2,1-2H3;1H,(H,2,3). The number of aryl methyl sites for hydroxylation is 1. The summed E-state index contributed by atoms with van der Waals surface area (Å²) in [5.41, 5.74) is 1.15. The smallest absolute Gasteiger partial charge is 0.290 e. The SMILES string of the molecule is Cc1cccc(S(=O)NC(C)C2CC2)c1.O=CO. The summed E-state index contributed by atoms with van der Waals surface area (Å²) in [5, 5.41) is 6.89. The van der Waals surface area contributed by atoms with Crippen LogP contribution in [0.3, 0.4) is 0 Å². The highest BCUT2D eigenvalue weighted by Crippen LogP contribution is 2.32. The van der Waals surface area contributed by atoms with Crippen molar-refractivity contribution in [3.8, 4) is 0 Å². The third-order valence-corrected chi connectivity index (χ3v) is 4.09. The van der Waals surface area contributed by atoms with Crippen LogP contribution in [0.25, 0.3) is 0 Å². The van der Waals surface area contributed by atoms with E-state index in [1.807, 2.05) is 31.2 Å². The van der Waals surface area contributed by atoms with Gasteiger partial charge in [0.25, 0.3) is 6.47 Å². The van der Waals surface area contributed by atoms with Crippen molar-refractivity contribution in [1.82, 2.24) is 4.72 Å². The fourth-order valence-electron chi connectivity index (χ4n) is 1.66. The molecule has 5 heteroatoms. The van der Waals surface area contributed by atoms with Gasteiger partial charge in [-0.15, -0.1) is 0 Å². The molecule has 1 saturated carbocycles. The molecule has 2 N–H and O–H groups in total. The molecule has 0 aromatic heterocycles. The molecule has 0 spiro atoms. The Morgan fingerprint density at radius 3 is 2.61 bits per heavy atom. The van der Waals surface area contributed by atoms with Crippen LogP contribution in [0.5, 0.6) is 0 Å². The van der Waals surface area contributed by atoms with Gasteiger partial charge in [-0.3, -0.25) is 4.79 Å². The van der Waals surface area contributed by atoms with Crippen LogP contribution < -0.4 is 4.72 Å². The van der Waals surface area contributed by atoms with E-state index in [1.165, 1.54) is 12.8 Å². The van der Waals surface area contributed by atoms with Gasteiger partial charge in [0.2, 0.25) is 0 Å². The van der Waals surface area contributed by atoms with Crippen molar-refractivity contribution in [2.75, 3.05) is 0 Å². The Bertz CT molecular complexity index is 418. The Kier molecular flexibility index (Phi) is 6.01. The van der Waals surface area contributed by atoms with Crippen molar-refractivity contribution in [3.05, 3.63) is 29.8 Å². The maximum atomic E-state index is 11.9. The molecule has 2 unspecified atom stereocenters. The van der Waals surface area contributed by atoms with Crippen molar-refractivity contribution in [1.29, 1.82) is 0 Å². The number of hydrogen-bond acceptors (Lipinski definition) is 2. The van der Waals surface area contributed by atoms with Gasteiger partial charge in [-0.2, -0.15) is 0 Å². The van der Waals surface area contributed by atoms with E-state index in [0.717, 1.165) is 16.4 Å². The predicted molar refractivity (Wildman–Crippen MR) is 71.6 cm³/mol. The Labute approximate surface area is 110 Å².